The number of hydrazine groups is 1. The van der Waals surface area contributed by atoms with E-state index in [-0.39, 0.29) is 16.4 Å². The number of nitrogens with zero attached hydrogens (tertiary/aromatic N) is 7. The molecule has 3 heterocycles. The van der Waals surface area contributed by atoms with Crippen LogP contribution < -0.4 is 10.7 Å². The molecule has 0 aliphatic carbocycles. The minimum Gasteiger partial charge on any atom is -0.673 e. The van der Waals surface area contributed by atoms with Gasteiger partial charge in [0.2, 0.25) is 11.1 Å². The van der Waals surface area contributed by atoms with Gasteiger partial charge < -0.3 is 15.7 Å². The number of aromatic nitrogens is 2. The zero-order valence-corrected chi connectivity index (χ0v) is 19.5. The topological polar surface area (TPSA) is 118 Å². The molecule has 3 N–H and O–H groups in total. The average Bonchev–Trinajstić information content (AvgIpc) is 2.70. The Morgan fingerprint density at radius 2 is 1.87 bits per heavy atom. The lowest BCUT2D eigenvalue weighted by Crippen LogP contribution is -2.62. The summed E-state index contributed by atoms with van der Waals surface area (Å²) in [7, 11) is 0. The van der Waals surface area contributed by atoms with Crippen LogP contribution in [-0.2, 0) is 0 Å². The second kappa shape index (κ2) is 9.78. The average molecular weight is 456 g/mol. The first-order chi connectivity index (χ1) is 14.6. The molecule has 12 heteroatoms. The lowest BCUT2D eigenvalue weighted by atomic mass is 9.79. The molecule has 0 unspecified atom stereocenters. The quantitative estimate of drug-likeness (QED) is 0.245. The molecule has 0 bridgehead atoms. The monoisotopic (exact) mass is 455 g/mol. The van der Waals surface area contributed by atoms with E-state index in [1.165, 1.54) is 11.3 Å². The van der Waals surface area contributed by atoms with E-state index >= 15 is 0 Å². The van der Waals surface area contributed by atoms with E-state index < -0.39 is 0 Å². The number of rotatable bonds is 7. The van der Waals surface area contributed by atoms with Crippen molar-refractivity contribution in [3.05, 3.63) is 22.8 Å². The molecule has 2 aliphatic rings. The van der Waals surface area contributed by atoms with Crippen LogP contribution in [0.2, 0.25) is 5.28 Å². The summed E-state index contributed by atoms with van der Waals surface area (Å²) in [6, 6.07) is 1.95. The van der Waals surface area contributed by atoms with Crippen molar-refractivity contribution in [3.8, 4) is 0 Å². The van der Waals surface area contributed by atoms with Gasteiger partial charge in [0, 0.05) is 55.6 Å². The Kier molecular flexibility index (Phi) is 7.53. The predicted molar refractivity (Wildman–Crippen MR) is 118 cm³/mol. The molecule has 0 atom stereocenters. The maximum absolute atomic E-state index is 12.2. The normalized spacial score (nSPS) is 23.2. The standard InChI is InChI=1S/C19H34ClN9O2/c1-18(2)13-15(14-19(3,4)28(18)30)21-7-8-26-9-11-27(12-10-26)29(31)25-24-16-5-6-22-17(20)23-16/h5-6,15,21,30H,7-14H2,1-4H3,(H,22,23,24)/b29-25-. The molecule has 2 aliphatic heterocycles. The molecular weight excluding hydrogens is 422 g/mol. The third-order valence-corrected chi connectivity index (χ3v) is 6.15. The summed E-state index contributed by atoms with van der Waals surface area (Å²) in [4.78, 5) is 10.6. The predicted octanol–water partition coefficient (Wildman–Crippen LogP) is 1.95. The Bertz CT molecular complexity index is 751. The highest BCUT2D eigenvalue weighted by Gasteiger charge is 2.44. The van der Waals surface area contributed by atoms with Gasteiger partial charge in [-0.25, -0.2) is 9.99 Å². The minimum absolute atomic E-state index is 0.0916. The maximum atomic E-state index is 12.2. The summed E-state index contributed by atoms with van der Waals surface area (Å²) in [6.07, 6.45) is 3.29. The van der Waals surface area contributed by atoms with Crippen LogP contribution in [0.5, 0.6) is 0 Å². The molecular formula is C19H34ClN9O2. The second-order valence-electron chi connectivity index (χ2n) is 9.47. The van der Waals surface area contributed by atoms with Crippen LogP contribution in [-0.4, -0.2) is 91.5 Å². The van der Waals surface area contributed by atoms with Gasteiger partial charge in [0.05, 0.1) is 13.1 Å². The van der Waals surface area contributed by atoms with Crippen LogP contribution in [0.15, 0.2) is 17.5 Å². The lowest BCUT2D eigenvalue weighted by molar-refractivity contribution is -0.694. The van der Waals surface area contributed by atoms with E-state index in [4.69, 9.17) is 11.6 Å². The fourth-order valence-corrected chi connectivity index (χ4v) is 4.68. The third kappa shape index (κ3) is 6.36. The zero-order valence-electron chi connectivity index (χ0n) is 18.8. The highest BCUT2D eigenvalue weighted by atomic mass is 35.5. The number of hydrogen-bond donors (Lipinski definition) is 3. The molecule has 3 rings (SSSR count). The summed E-state index contributed by atoms with van der Waals surface area (Å²) in [5, 5.41) is 33.3. The van der Waals surface area contributed by atoms with Gasteiger partial charge in [0.25, 0.3) is 0 Å². The molecule has 0 saturated carbocycles. The van der Waals surface area contributed by atoms with Crippen molar-refractivity contribution >= 4 is 17.4 Å². The number of nitrogens with one attached hydrogen (secondary N) is 2. The first-order valence-corrected chi connectivity index (χ1v) is 11.1. The molecule has 31 heavy (non-hydrogen) atoms. The molecule has 0 radical (unpaired) electrons. The fraction of sp³-hybridized carbons (Fsp3) is 0.789. The number of piperidine rings is 1. The van der Waals surface area contributed by atoms with Crippen LogP contribution >= 0.6 is 11.6 Å². The van der Waals surface area contributed by atoms with Crippen LogP contribution in [0.1, 0.15) is 40.5 Å². The van der Waals surface area contributed by atoms with Crippen LogP contribution in [0, 0.1) is 5.21 Å². The van der Waals surface area contributed by atoms with Gasteiger partial charge in [-0.2, -0.15) is 10.0 Å². The lowest BCUT2D eigenvalue weighted by Gasteiger charge is -2.51. The Balaban J connectivity index is 1.39. The number of anilines is 1. The largest absolute Gasteiger partial charge is 0.673 e. The summed E-state index contributed by atoms with van der Waals surface area (Å²) in [5.74, 6) is 0.365. The van der Waals surface area contributed by atoms with Crippen molar-refractivity contribution in [3.63, 3.8) is 0 Å². The fourth-order valence-electron chi connectivity index (χ4n) is 4.53. The highest BCUT2D eigenvalue weighted by Crippen LogP contribution is 2.36. The highest BCUT2D eigenvalue weighted by molar-refractivity contribution is 6.28. The number of halogens is 1. The maximum Gasteiger partial charge on any atom is 0.243 e. The Morgan fingerprint density at radius 1 is 1.23 bits per heavy atom. The van der Waals surface area contributed by atoms with Crippen LogP contribution in [0.25, 0.3) is 0 Å². The smallest absolute Gasteiger partial charge is 0.243 e. The van der Waals surface area contributed by atoms with Crippen molar-refractivity contribution in [1.29, 1.82) is 0 Å². The number of hydrogen-bond acceptors (Lipinski definition) is 8. The van der Waals surface area contributed by atoms with Crippen molar-refractivity contribution < 1.29 is 10.2 Å². The zero-order chi connectivity index (χ0) is 22.6. The van der Waals surface area contributed by atoms with Gasteiger partial charge in [-0.05, 0) is 52.1 Å². The molecule has 0 aromatic carbocycles. The van der Waals surface area contributed by atoms with Crippen molar-refractivity contribution in [2.24, 2.45) is 5.22 Å². The molecule has 0 spiro atoms. The van der Waals surface area contributed by atoms with Gasteiger partial charge >= 0.3 is 0 Å². The summed E-state index contributed by atoms with van der Waals surface area (Å²) >= 11 is 5.72. The van der Waals surface area contributed by atoms with Crippen molar-refractivity contribution in [2.75, 3.05) is 44.7 Å². The minimum atomic E-state index is -0.253. The molecule has 0 amide bonds. The molecule has 2 saturated heterocycles. The third-order valence-electron chi connectivity index (χ3n) is 5.97. The van der Waals surface area contributed by atoms with E-state index in [0.717, 1.165) is 39.0 Å². The SMILES string of the molecule is CC1(C)CC(NCCN2CCN(/[N+]([O-])=N/Nc3ccnc(Cl)n3)CC2)CC(C)(C)N1O. The van der Waals surface area contributed by atoms with Crippen molar-refractivity contribution in [2.45, 2.75) is 57.7 Å². The van der Waals surface area contributed by atoms with Crippen LogP contribution in [0.3, 0.4) is 0 Å². The van der Waals surface area contributed by atoms with E-state index in [0.29, 0.717) is 29.9 Å². The summed E-state index contributed by atoms with van der Waals surface area (Å²) in [5.41, 5.74) is 2.09. The Hall–Kier alpha value is -1.79. The van der Waals surface area contributed by atoms with Gasteiger partial charge in [0.1, 0.15) is 5.22 Å². The van der Waals surface area contributed by atoms with Gasteiger partial charge in [-0.15, -0.1) is 5.43 Å². The Morgan fingerprint density at radius 3 is 2.48 bits per heavy atom. The molecule has 1 aromatic heterocycles. The van der Waals surface area contributed by atoms with E-state index in [9.17, 15) is 10.4 Å². The molecule has 11 nitrogen and oxygen atoms in total. The van der Waals surface area contributed by atoms with E-state index in [1.54, 1.807) is 11.1 Å². The molecule has 2 fully saturated rings. The summed E-state index contributed by atoms with van der Waals surface area (Å²) in [6.45, 7) is 12.9. The van der Waals surface area contributed by atoms with Crippen LogP contribution in [0.4, 0.5) is 5.82 Å². The Labute approximate surface area is 188 Å². The van der Waals surface area contributed by atoms with Gasteiger partial charge in [-0.1, -0.05) is 4.97 Å². The van der Waals surface area contributed by atoms with E-state index in [1.807, 2.05) is 0 Å². The first kappa shape index (κ1) is 23.9. The van der Waals surface area contributed by atoms with Gasteiger partial charge in [-0.3, -0.25) is 4.90 Å². The van der Waals surface area contributed by atoms with Gasteiger partial charge in [0.15, 0.2) is 0 Å². The molecule has 174 valence electrons. The summed E-state index contributed by atoms with van der Waals surface area (Å²) < 4.78 is 0. The second-order valence-corrected chi connectivity index (χ2v) is 9.80. The number of piperazine rings is 1. The van der Waals surface area contributed by atoms with E-state index in [2.05, 4.69) is 58.5 Å². The first-order valence-electron chi connectivity index (χ1n) is 10.7. The molecule has 1 aromatic rings. The number of hydroxylamine groups is 2. The van der Waals surface area contributed by atoms with Crippen molar-refractivity contribution in [1.82, 2.24) is 30.3 Å².